The first-order valence-corrected chi connectivity index (χ1v) is 9.31. The van der Waals surface area contributed by atoms with Crippen molar-refractivity contribution in [2.45, 2.75) is 26.7 Å². The molecule has 7 heteroatoms. The van der Waals surface area contributed by atoms with E-state index >= 15 is 0 Å². The van der Waals surface area contributed by atoms with E-state index in [4.69, 9.17) is 0 Å². The maximum absolute atomic E-state index is 12.4. The van der Waals surface area contributed by atoms with E-state index in [1.54, 1.807) is 36.4 Å². The van der Waals surface area contributed by atoms with Gasteiger partial charge in [-0.15, -0.1) is 10.2 Å². The van der Waals surface area contributed by atoms with Gasteiger partial charge in [0.05, 0.1) is 0 Å². The Morgan fingerprint density at radius 2 is 1.59 bits per heavy atom. The Hall–Kier alpha value is -3.74. The van der Waals surface area contributed by atoms with Crippen LogP contribution in [0.25, 0.3) is 0 Å². The Labute approximate surface area is 169 Å². The van der Waals surface area contributed by atoms with E-state index in [2.05, 4.69) is 46.1 Å². The van der Waals surface area contributed by atoms with Crippen LogP contribution < -0.4 is 16.0 Å². The summed E-state index contributed by atoms with van der Waals surface area (Å²) in [7, 11) is 0. The van der Waals surface area contributed by atoms with Gasteiger partial charge in [-0.05, 0) is 47.9 Å². The maximum atomic E-state index is 12.4. The lowest BCUT2D eigenvalue weighted by Crippen LogP contribution is -2.15. The lowest BCUT2D eigenvalue weighted by Gasteiger charge is -2.13. The molecule has 0 saturated carbocycles. The average molecular weight is 389 g/mol. The first kappa shape index (κ1) is 20.0. The van der Waals surface area contributed by atoms with Gasteiger partial charge in [0.25, 0.3) is 5.91 Å². The third-order valence-corrected chi connectivity index (χ3v) is 4.18. The van der Waals surface area contributed by atoms with Crippen molar-refractivity contribution < 1.29 is 9.59 Å². The zero-order chi connectivity index (χ0) is 20.8. The molecule has 0 saturated heterocycles. The molecule has 3 aromatic rings. The molecule has 0 spiro atoms. The second-order valence-electron chi connectivity index (χ2n) is 6.89. The lowest BCUT2D eigenvalue weighted by atomic mass is 10.0. The molecule has 0 aliphatic rings. The predicted octanol–water partition coefficient (Wildman–Crippen LogP) is 4.55. The summed E-state index contributed by atoms with van der Waals surface area (Å²) in [6, 6.07) is 18.2. The van der Waals surface area contributed by atoms with Gasteiger partial charge in [-0.1, -0.05) is 38.1 Å². The zero-order valence-electron chi connectivity index (χ0n) is 16.6. The van der Waals surface area contributed by atoms with Crippen molar-refractivity contribution in [2.75, 3.05) is 16.0 Å². The number of carbonyl (C=O) groups excluding carboxylic acids is 2. The summed E-state index contributed by atoms with van der Waals surface area (Å²) in [5.74, 6) is 0.361. The standard InChI is InChI=1S/C22H23N5O2/c1-14(2)18-9-4-5-10-19(18)25-21-12-11-20(26-27-21)22(29)24-17-8-6-7-16(13-17)23-15(3)28/h4-14H,1-3H3,(H,23,28)(H,24,29)(H,25,27). The molecule has 0 atom stereocenters. The second kappa shape index (κ2) is 8.97. The number of para-hydroxylation sites is 1. The van der Waals surface area contributed by atoms with Gasteiger partial charge in [0, 0.05) is 24.0 Å². The van der Waals surface area contributed by atoms with Gasteiger partial charge in [0.2, 0.25) is 5.91 Å². The minimum Gasteiger partial charge on any atom is -0.338 e. The molecule has 7 nitrogen and oxygen atoms in total. The van der Waals surface area contributed by atoms with Gasteiger partial charge < -0.3 is 16.0 Å². The summed E-state index contributed by atoms with van der Waals surface area (Å²) in [4.78, 5) is 23.6. The fourth-order valence-electron chi connectivity index (χ4n) is 2.85. The van der Waals surface area contributed by atoms with Crippen LogP contribution in [-0.4, -0.2) is 22.0 Å². The molecule has 0 radical (unpaired) electrons. The van der Waals surface area contributed by atoms with Gasteiger partial charge in [-0.25, -0.2) is 0 Å². The Bertz CT molecular complexity index is 1020. The third-order valence-electron chi connectivity index (χ3n) is 4.18. The van der Waals surface area contributed by atoms with Gasteiger partial charge in [-0.3, -0.25) is 9.59 Å². The van der Waals surface area contributed by atoms with Crippen LogP contribution in [0.4, 0.5) is 22.9 Å². The highest BCUT2D eigenvalue weighted by molar-refractivity contribution is 6.03. The van der Waals surface area contributed by atoms with E-state index in [9.17, 15) is 9.59 Å². The summed E-state index contributed by atoms with van der Waals surface area (Å²) in [5, 5.41) is 16.8. The van der Waals surface area contributed by atoms with E-state index in [1.165, 1.54) is 12.5 Å². The molecule has 1 aromatic heterocycles. The van der Waals surface area contributed by atoms with Crippen molar-refractivity contribution in [3.05, 3.63) is 71.9 Å². The molecule has 3 N–H and O–H groups in total. The number of amides is 2. The van der Waals surface area contributed by atoms with E-state index in [-0.39, 0.29) is 17.5 Å². The number of hydrogen-bond acceptors (Lipinski definition) is 5. The van der Waals surface area contributed by atoms with E-state index < -0.39 is 0 Å². The first-order chi connectivity index (χ1) is 13.9. The fourth-order valence-corrected chi connectivity index (χ4v) is 2.85. The van der Waals surface area contributed by atoms with Crippen molar-refractivity contribution in [1.82, 2.24) is 10.2 Å². The highest BCUT2D eigenvalue weighted by Crippen LogP contribution is 2.26. The predicted molar refractivity (Wildman–Crippen MR) is 115 cm³/mol. The number of aromatic nitrogens is 2. The van der Waals surface area contributed by atoms with Crippen LogP contribution in [0.15, 0.2) is 60.7 Å². The third kappa shape index (κ3) is 5.38. The van der Waals surface area contributed by atoms with Crippen LogP contribution in [0.1, 0.15) is 42.7 Å². The maximum Gasteiger partial charge on any atom is 0.276 e. The summed E-state index contributed by atoms with van der Waals surface area (Å²) >= 11 is 0. The quantitative estimate of drug-likeness (QED) is 0.575. The van der Waals surface area contributed by atoms with Gasteiger partial charge in [0.15, 0.2) is 11.5 Å². The molecule has 148 valence electrons. The number of benzene rings is 2. The molecule has 3 rings (SSSR count). The molecule has 0 unspecified atom stereocenters. The van der Waals surface area contributed by atoms with Gasteiger partial charge in [-0.2, -0.15) is 0 Å². The molecule has 0 aliphatic heterocycles. The Morgan fingerprint density at radius 1 is 0.862 bits per heavy atom. The Balaban J connectivity index is 1.69. The molecule has 0 bridgehead atoms. The smallest absolute Gasteiger partial charge is 0.276 e. The van der Waals surface area contributed by atoms with Crippen molar-refractivity contribution >= 4 is 34.7 Å². The number of hydrogen-bond donors (Lipinski definition) is 3. The minimum atomic E-state index is -0.383. The molecule has 0 fully saturated rings. The zero-order valence-corrected chi connectivity index (χ0v) is 16.6. The average Bonchev–Trinajstić information content (AvgIpc) is 2.68. The fraction of sp³-hybridized carbons (Fsp3) is 0.182. The van der Waals surface area contributed by atoms with E-state index in [1.807, 2.05) is 18.2 Å². The minimum absolute atomic E-state index is 0.179. The van der Waals surface area contributed by atoms with Crippen molar-refractivity contribution in [1.29, 1.82) is 0 Å². The summed E-state index contributed by atoms with van der Waals surface area (Å²) in [6.45, 7) is 5.68. The molecule has 2 amide bonds. The monoisotopic (exact) mass is 389 g/mol. The number of anilines is 4. The summed E-state index contributed by atoms with van der Waals surface area (Å²) in [5.41, 5.74) is 3.48. The SMILES string of the molecule is CC(=O)Nc1cccc(NC(=O)c2ccc(Nc3ccccc3C(C)C)nn2)c1. The van der Waals surface area contributed by atoms with Crippen LogP contribution in [0.3, 0.4) is 0 Å². The summed E-state index contributed by atoms with van der Waals surface area (Å²) < 4.78 is 0. The Morgan fingerprint density at radius 3 is 2.24 bits per heavy atom. The Kier molecular flexibility index (Phi) is 6.19. The van der Waals surface area contributed by atoms with Crippen LogP contribution in [0, 0.1) is 0 Å². The largest absolute Gasteiger partial charge is 0.338 e. The molecular weight excluding hydrogens is 366 g/mol. The topological polar surface area (TPSA) is 96.0 Å². The van der Waals surface area contributed by atoms with Crippen LogP contribution in [0.2, 0.25) is 0 Å². The second-order valence-corrected chi connectivity index (χ2v) is 6.89. The molecule has 0 aliphatic carbocycles. The summed E-state index contributed by atoms with van der Waals surface area (Å²) in [6.07, 6.45) is 0. The normalized spacial score (nSPS) is 10.5. The highest BCUT2D eigenvalue weighted by atomic mass is 16.2. The van der Waals surface area contributed by atoms with E-state index in [0.717, 1.165) is 5.69 Å². The number of nitrogens with zero attached hydrogens (tertiary/aromatic N) is 2. The van der Waals surface area contributed by atoms with Gasteiger partial charge >= 0.3 is 0 Å². The number of rotatable bonds is 6. The highest BCUT2D eigenvalue weighted by Gasteiger charge is 2.11. The van der Waals surface area contributed by atoms with E-state index in [0.29, 0.717) is 23.1 Å². The molecular formula is C22H23N5O2. The van der Waals surface area contributed by atoms with Crippen LogP contribution >= 0.6 is 0 Å². The van der Waals surface area contributed by atoms with Crippen molar-refractivity contribution in [3.8, 4) is 0 Å². The molecule has 29 heavy (non-hydrogen) atoms. The van der Waals surface area contributed by atoms with Crippen molar-refractivity contribution in [3.63, 3.8) is 0 Å². The lowest BCUT2D eigenvalue weighted by molar-refractivity contribution is -0.114. The molecule has 2 aromatic carbocycles. The number of carbonyl (C=O) groups is 2. The van der Waals surface area contributed by atoms with Gasteiger partial charge in [0.1, 0.15) is 0 Å². The molecule has 1 heterocycles. The van der Waals surface area contributed by atoms with Crippen LogP contribution in [0.5, 0.6) is 0 Å². The first-order valence-electron chi connectivity index (χ1n) is 9.31. The van der Waals surface area contributed by atoms with Crippen LogP contribution in [-0.2, 0) is 4.79 Å². The van der Waals surface area contributed by atoms with Crippen molar-refractivity contribution in [2.24, 2.45) is 0 Å². The number of nitrogens with one attached hydrogen (secondary N) is 3.